The summed E-state index contributed by atoms with van der Waals surface area (Å²) >= 11 is 3.56. The van der Waals surface area contributed by atoms with E-state index >= 15 is 0 Å². The van der Waals surface area contributed by atoms with Gasteiger partial charge in [0.15, 0.2) is 0 Å². The largest absolute Gasteiger partial charge is 0.325 e. The van der Waals surface area contributed by atoms with E-state index < -0.39 is 0 Å². The number of nitrogens with two attached hydrogens (primary N) is 1. The van der Waals surface area contributed by atoms with E-state index in [1.54, 1.807) is 0 Å². The first-order chi connectivity index (χ1) is 6.13. The summed E-state index contributed by atoms with van der Waals surface area (Å²) in [5.41, 5.74) is 7.58. The molecule has 0 amide bonds. The van der Waals surface area contributed by atoms with Crippen molar-refractivity contribution in [1.29, 1.82) is 0 Å². The lowest BCUT2D eigenvalue weighted by atomic mass is 9.92. The molecule has 2 N–H and O–H groups in total. The summed E-state index contributed by atoms with van der Waals surface area (Å²) in [6.07, 6.45) is 2.32. The smallest absolute Gasteiger partial charge is 0.0222 e. The van der Waals surface area contributed by atoms with Gasteiger partial charge in [-0.05, 0) is 24.5 Å². The van der Waals surface area contributed by atoms with Crippen molar-refractivity contribution in [3.63, 3.8) is 0 Å². The minimum Gasteiger partial charge on any atom is -0.325 e. The zero-order valence-electron chi connectivity index (χ0n) is 7.76. The molecule has 0 aromatic heterocycles. The predicted octanol–water partition coefficient (Wildman–Crippen LogP) is 3.04. The van der Waals surface area contributed by atoms with Crippen LogP contribution in [0.15, 0.2) is 28.7 Å². The number of rotatable bonds is 2. The molecule has 70 valence electrons. The molecule has 1 nitrogen and oxygen atoms in total. The fourth-order valence-electron chi connectivity index (χ4n) is 1.71. The van der Waals surface area contributed by atoms with Gasteiger partial charge in [0.05, 0.1) is 0 Å². The van der Waals surface area contributed by atoms with E-state index in [-0.39, 0.29) is 5.54 Å². The molecule has 2 rings (SSSR count). The first-order valence-electron chi connectivity index (χ1n) is 4.67. The van der Waals surface area contributed by atoms with Gasteiger partial charge in [-0.15, -0.1) is 0 Å². The van der Waals surface area contributed by atoms with Crippen molar-refractivity contribution < 1.29 is 0 Å². The van der Waals surface area contributed by atoms with Gasteiger partial charge in [-0.25, -0.2) is 0 Å². The van der Waals surface area contributed by atoms with E-state index in [1.165, 1.54) is 10.0 Å². The maximum Gasteiger partial charge on any atom is 0.0222 e. The maximum absolute atomic E-state index is 6.17. The third-order valence-corrected chi connectivity index (χ3v) is 3.78. The van der Waals surface area contributed by atoms with E-state index in [9.17, 15) is 0 Å². The summed E-state index contributed by atoms with van der Waals surface area (Å²) in [7, 11) is 0. The van der Waals surface area contributed by atoms with Gasteiger partial charge in [-0.2, -0.15) is 0 Å². The molecule has 0 radical (unpaired) electrons. The molecule has 1 aromatic rings. The summed E-state index contributed by atoms with van der Waals surface area (Å²) in [6.45, 7) is 2.22. The standard InChI is InChI=1S/C11H14BrN/c1-8(11(13)6-7-11)9-4-2-3-5-10(9)12/h2-5,8H,6-7,13H2,1H3. The molecule has 0 saturated heterocycles. The van der Waals surface area contributed by atoms with Gasteiger partial charge < -0.3 is 5.73 Å². The fourth-order valence-corrected chi connectivity index (χ4v) is 2.34. The van der Waals surface area contributed by atoms with Crippen LogP contribution in [-0.4, -0.2) is 5.54 Å². The number of hydrogen-bond donors (Lipinski definition) is 1. The molecule has 1 unspecified atom stereocenters. The lowest BCUT2D eigenvalue weighted by Crippen LogP contribution is -2.28. The van der Waals surface area contributed by atoms with Gasteiger partial charge in [0, 0.05) is 15.9 Å². The fraction of sp³-hybridized carbons (Fsp3) is 0.455. The Kier molecular flexibility index (Phi) is 2.20. The summed E-state index contributed by atoms with van der Waals surface area (Å²) < 4.78 is 1.18. The number of hydrogen-bond acceptors (Lipinski definition) is 1. The van der Waals surface area contributed by atoms with Crippen LogP contribution in [0.3, 0.4) is 0 Å². The molecule has 2 heteroatoms. The van der Waals surface area contributed by atoms with Crippen LogP contribution in [0, 0.1) is 0 Å². The van der Waals surface area contributed by atoms with E-state index in [2.05, 4.69) is 41.1 Å². The molecule has 1 saturated carbocycles. The monoisotopic (exact) mass is 239 g/mol. The van der Waals surface area contributed by atoms with Crippen molar-refractivity contribution in [2.45, 2.75) is 31.2 Å². The Labute approximate surface area is 87.5 Å². The second-order valence-corrected chi connectivity index (χ2v) is 4.83. The second kappa shape index (κ2) is 3.10. The highest BCUT2D eigenvalue weighted by Gasteiger charge is 2.44. The highest BCUT2D eigenvalue weighted by Crippen LogP contribution is 2.46. The topological polar surface area (TPSA) is 26.0 Å². The Hall–Kier alpha value is -0.340. The quantitative estimate of drug-likeness (QED) is 0.844. The van der Waals surface area contributed by atoms with Crippen LogP contribution in [0.25, 0.3) is 0 Å². The van der Waals surface area contributed by atoms with Crippen molar-refractivity contribution in [3.8, 4) is 0 Å². The molecule has 1 aliphatic carbocycles. The molecule has 0 aliphatic heterocycles. The van der Waals surface area contributed by atoms with Crippen molar-refractivity contribution in [2.24, 2.45) is 5.73 Å². The second-order valence-electron chi connectivity index (χ2n) is 3.98. The van der Waals surface area contributed by atoms with Crippen LogP contribution in [0.5, 0.6) is 0 Å². The molecule has 1 aliphatic rings. The van der Waals surface area contributed by atoms with Crippen molar-refractivity contribution in [2.75, 3.05) is 0 Å². The average Bonchev–Trinajstić information content (AvgIpc) is 2.85. The maximum atomic E-state index is 6.17. The Morgan fingerprint density at radius 1 is 1.38 bits per heavy atom. The third-order valence-electron chi connectivity index (χ3n) is 3.06. The Morgan fingerprint density at radius 2 is 2.00 bits per heavy atom. The van der Waals surface area contributed by atoms with Crippen LogP contribution in [-0.2, 0) is 0 Å². The summed E-state index contributed by atoms with van der Waals surface area (Å²) in [5, 5.41) is 0. The first-order valence-corrected chi connectivity index (χ1v) is 5.46. The van der Waals surface area contributed by atoms with Crippen molar-refractivity contribution in [3.05, 3.63) is 34.3 Å². The van der Waals surface area contributed by atoms with E-state index in [0.717, 1.165) is 12.8 Å². The van der Waals surface area contributed by atoms with E-state index in [4.69, 9.17) is 5.73 Å². The third kappa shape index (κ3) is 1.65. The molecular weight excluding hydrogens is 226 g/mol. The molecule has 1 atom stereocenters. The lowest BCUT2D eigenvalue weighted by Gasteiger charge is -2.20. The zero-order valence-corrected chi connectivity index (χ0v) is 9.34. The summed E-state index contributed by atoms with van der Waals surface area (Å²) in [4.78, 5) is 0. The van der Waals surface area contributed by atoms with Crippen LogP contribution in [0.2, 0.25) is 0 Å². The van der Waals surface area contributed by atoms with Crippen LogP contribution >= 0.6 is 15.9 Å². The summed E-state index contributed by atoms with van der Waals surface area (Å²) in [5.74, 6) is 0.461. The number of benzene rings is 1. The Bertz CT molecular complexity index is 318. The van der Waals surface area contributed by atoms with E-state index in [0.29, 0.717) is 5.92 Å². The normalized spacial score (nSPS) is 21.2. The predicted molar refractivity (Wildman–Crippen MR) is 58.7 cm³/mol. The van der Waals surface area contributed by atoms with Crippen molar-refractivity contribution >= 4 is 15.9 Å². The zero-order chi connectivity index (χ0) is 9.47. The summed E-state index contributed by atoms with van der Waals surface area (Å²) in [6, 6.07) is 8.35. The van der Waals surface area contributed by atoms with Crippen molar-refractivity contribution in [1.82, 2.24) is 0 Å². The van der Waals surface area contributed by atoms with Crippen LogP contribution in [0.1, 0.15) is 31.2 Å². The van der Waals surface area contributed by atoms with E-state index in [1.807, 2.05) is 6.07 Å². The molecule has 1 fully saturated rings. The Balaban J connectivity index is 2.30. The molecule has 1 aromatic carbocycles. The van der Waals surface area contributed by atoms with Gasteiger partial charge in [0.25, 0.3) is 0 Å². The Morgan fingerprint density at radius 3 is 2.54 bits per heavy atom. The minimum absolute atomic E-state index is 0.0733. The molecular formula is C11H14BrN. The van der Waals surface area contributed by atoms with Gasteiger partial charge in [0.1, 0.15) is 0 Å². The average molecular weight is 240 g/mol. The highest BCUT2D eigenvalue weighted by atomic mass is 79.9. The van der Waals surface area contributed by atoms with Crippen LogP contribution in [0.4, 0.5) is 0 Å². The SMILES string of the molecule is CC(c1ccccc1Br)C1(N)CC1. The molecule has 13 heavy (non-hydrogen) atoms. The molecule has 0 spiro atoms. The van der Waals surface area contributed by atoms with Crippen LogP contribution < -0.4 is 5.73 Å². The van der Waals surface area contributed by atoms with Gasteiger partial charge in [-0.1, -0.05) is 41.1 Å². The van der Waals surface area contributed by atoms with Gasteiger partial charge >= 0.3 is 0 Å². The molecule has 0 bridgehead atoms. The highest BCUT2D eigenvalue weighted by molar-refractivity contribution is 9.10. The number of halogens is 1. The van der Waals surface area contributed by atoms with Gasteiger partial charge in [0.2, 0.25) is 0 Å². The first kappa shape index (κ1) is 9.22. The lowest BCUT2D eigenvalue weighted by molar-refractivity contribution is 0.556. The molecule has 0 heterocycles. The minimum atomic E-state index is 0.0733. The van der Waals surface area contributed by atoms with Gasteiger partial charge in [-0.3, -0.25) is 0 Å².